The summed E-state index contributed by atoms with van der Waals surface area (Å²) in [6.07, 6.45) is 0. The highest BCUT2D eigenvalue weighted by Crippen LogP contribution is 2.30. The predicted molar refractivity (Wildman–Crippen MR) is 53.6 cm³/mol. The number of thiophene rings is 1. The van der Waals surface area contributed by atoms with Crippen LogP contribution in [0.25, 0.3) is 0 Å². The number of aryl methyl sites for hydroxylation is 1. The van der Waals surface area contributed by atoms with Crippen LogP contribution in [0.1, 0.15) is 15.2 Å². The SMILES string of the molecule is COc1c(C)csc1C(=O)N(C)C. The van der Waals surface area contributed by atoms with Gasteiger partial charge in [-0.05, 0) is 12.3 Å². The van der Waals surface area contributed by atoms with Crippen LogP contribution in [0.3, 0.4) is 0 Å². The average Bonchev–Trinajstić information content (AvgIpc) is 2.45. The van der Waals surface area contributed by atoms with Gasteiger partial charge in [0.2, 0.25) is 0 Å². The van der Waals surface area contributed by atoms with Crippen molar-refractivity contribution in [2.45, 2.75) is 6.92 Å². The summed E-state index contributed by atoms with van der Waals surface area (Å²) in [6.45, 7) is 1.93. The Morgan fingerprint density at radius 3 is 2.62 bits per heavy atom. The summed E-state index contributed by atoms with van der Waals surface area (Å²) in [5.41, 5.74) is 1.01. The second-order valence-corrected chi connectivity index (χ2v) is 3.86. The van der Waals surface area contributed by atoms with Crippen LogP contribution < -0.4 is 4.74 Å². The zero-order valence-corrected chi connectivity index (χ0v) is 9.07. The monoisotopic (exact) mass is 199 g/mol. The van der Waals surface area contributed by atoms with Crippen LogP contribution in [-0.4, -0.2) is 32.0 Å². The zero-order valence-electron chi connectivity index (χ0n) is 8.25. The third kappa shape index (κ3) is 1.83. The van der Waals surface area contributed by atoms with Crippen LogP contribution in [0.5, 0.6) is 5.75 Å². The van der Waals surface area contributed by atoms with Crippen LogP contribution in [0.15, 0.2) is 5.38 Å². The standard InChI is InChI=1S/C9H13NO2S/c1-6-5-13-8(7(6)12-4)9(11)10(2)3/h5H,1-4H3. The van der Waals surface area contributed by atoms with Gasteiger partial charge in [-0.1, -0.05) is 0 Å². The summed E-state index contributed by atoms with van der Waals surface area (Å²) < 4.78 is 5.15. The Morgan fingerprint density at radius 2 is 2.15 bits per heavy atom. The van der Waals surface area contributed by atoms with Crippen molar-refractivity contribution in [2.75, 3.05) is 21.2 Å². The van der Waals surface area contributed by atoms with Gasteiger partial charge in [-0.15, -0.1) is 11.3 Å². The molecule has 4 heteroatoms. The zero-order chi connectivity index (χ0) is 10.0. The number of carbonyl (C=O) groups is 1. The van der Waals surface area contributed by atoms with Crippen molar-refractivity contribution in [3.05, 3.63) is 15.8 Å². The number of amides is 1. The molecule has 0 saturated carbocycles. The summed E-state index contributed by atoms with van der Waals surface area (Å²) >= 11 is 1.42. The van der Waals surface area contributed by atoms with Gasteiger partial charge in [-0.3, -0.25) is 4.79 Å². The number of nitrogens with zero attached hydrogens (tertiary/aromatic N) is 1. The highest BCUT2D eigenvalue weighted by molar-refractivity contribution is 7.12. The van der Waals surface area contributed by atoms with Gasteiger partial charge in [-0.2, -0.15) is 0 Å². The normalized spacial score (nSPS) is 9.85. The van der Waals surface area contributed by atoms with E-state index >= 15 is 0 Å². The highest BCUT2D eigenvalue weighted by Gasteiger charge is 2.17. The molecule has 1 aromatic heterocycles. The van der Waals surface area contributed by atoms with Crippen molar-refractivity contribution in [1.29, 1.82) is 0 Å². The first-order valence-electron chi connectivity index (χ1n) is 3.91. The van der Waals surface area contributed by atoms with Gasteiger partial charge in [-0.25, -0.2) is 0 Å². The second-order valence-electron chi connectivity index (χ2n) is 2.98. The van der Waals surface area contributed by atoms with E-state index in [0.717, 1.165) is 5.56 Å². The van der Waals surface area contributed by atoms with Gasteiger partial charge < -0.3 is 9.64 Å². The minimum Gasteiger partial charge on any atom is -0.495 e. The molecule has 1 heterocycles. The lowest BCUT2D eigenvalue weighted by Gasteiger charge is -2.09. The van der Waals surface area contributed by atoms with E-state index < -0.39 is 0 Å². The Hall–Kier alpha value is -1.03. The van der Waals surface area contributed by atoms with Crippen molar-refractivity contribution < 1.29 is 9.53 Å². The molecule has 0 bridgehead atoms. The molecule has 1 amide bonds. The Bertz CT molecular complexity index is 317. The fourth-order valence-electron chi connectivity index (χ4n) is 1.04. The lowest BCUT2D eigenvalue weighted by Crippen LogP contribution is -2.21. The van der Waals surface area contributed by atoms with Gasteiger partial charge >= 0.3 is 0 Å². The second kappa shape index (κ2) is 3.79. The fourth-order valence-corrected chi connectivity index (χ4v) is 2.07. The van der Waals surface area contributed by atoms with Gasteiger partial charge in [0.1, 0.15) is 10.6 Å². The van der Waals surface area contributed by atoms with Crippen molar-refractivity contribution in [2.24, 2.45) is 0 Å². The van der Waals surface area contributed by atoms with Crippen molar-refractivity contribution >= 4 is 17.2 Å². The molecule has 0 atom stereocenters. The smallest absolute Gasteiger partial charge is 0.267 e. The molecule has 0 aliphatic rings. The maximum Gasteiger partial charge on any atom is 0.267 e. The van der Waals surface area contributed by atoms with E-state index in [-0.39, 0.29) is 5.91 Å². The molecule has 0 saturated heterocycles. The van der Waals surface area contributed by atoms with Crippen LogP contribution in [0.2, 0.25) is 0 Å². The summed E-state index contributed by atoms with van der Waals surface area (Å²) in [4.78, 5) is 13.8. The maximum absolute atomic E-state index is 11.6. The third-order valence-corrected chi connectivity index (χ3v) is 2.79. The maximum atomic E-state index is 11.6. The fraction of sp³-hybridized carbons (Fsp3) is 0.444. The molecular formula is C9H13NO2S. The van der Waals surface area contributed by atoms with Gasteiger partial charge in [0.05, 0.1) is 7.11 Å². The average molecular weight is 199 g/mol. The van der Waals surface area contributed by atoms with Crippen LogP contribution in [-0.2, 0) is 0 Å². The van der Waals surface area contributed by atoms with E-state index in [0.29, 0.717) is 10.6 Å². The summed E-state index contributed by atoms with van der Waals surface area (Å²) in [5.74, 6) is 0.693. The minimum atomic E-state index is -0.00468. The molecule has 3 nitrogen and oxygen atoms in total. The molecule has 13 heavy (non-hydrogen) atoms. The Labute approximate surface area is 81.9 Å². The van der Waals surface area contributed by atoms with E-state index in [4.69, 9.17) is 4.74 Å². The van der Waals surface area contributed by atoms with Crippen LogP contribution >= 0.6 is 11.3 Å². The summed E-state index contributed by atoms with van der Waals surface area (Å²) in [5, 5.41) is 1.93. The largest absolute Gasteiger partial charge is 0.495 e. The highest BCUT2D eigenvalue weighted by atomic mass is 32.1. The Balaban J connectivity index is 3.07. The molecule has 1 aromatic rings. The molecule has 0 radical (unpaired) electrons. The lowest BCUT2D eigenvalue weighted by molar-refractivity contribution is 0.0829. The predicted octanol–water partition coefficient (Wildman–Crippen LogP) is 1.77. The molecule has 1 rings (SSSR count). The van der Waals surface area contributed by atoms with E-state index in [1.807, 2.05) is 12.3 Å². The lowest BCUT2D eigenvalue weighted by atomic mass is 10.3. The van der Waals surface area contributed by atoms with Gasteiger partial charge in [0.25, 0.3) is 5.91 Å². The van der Waals surface area contributed by atoms with Gasteiger partial charge in [0.15, 0.2) is 0 Å². The Kier molecular flexibility index (Phi) is 2.93. The molecule has 0 spiro atoms. The van der Waals surface area contributed by atoms with Crippen molar-refractivity contribution in [3.8, 4) is 5.75 Å². The first kappa shape index (κ1) is 10.1. The molecule has 72 valence electrons. The number of ether oxygens (including phenoxy) is 1. The Morgan fingerprint density at radius 1 is 1.54 bits per heavy atom. The van der Waals surface area contributed by atoms with Crippen LogP contribution in [0.4, 0.5) is 0 Å². The molecule has 0 unspecified atom stereocenters. The van der Waals surface area contributed by atoms with E-state index in [1.54, 1.807) is 26.1 Å². The van der Waals surface area contributed by atoms with E-state index in [2.05, 4.69) is 0 Å². The quantitative estimate of drug-likeness (QED) is 0.726. The van der Waals surface area contributed by atoms with E-state index in [1.165, 1.54) is 11.3 Å². The van der Waals surface area contributed by atoms with Crippen molar-refractivity contribution in [3.63, 3.8) is 0 Å². The first-order chi connectivity index (χ1) is 6.07. The summed E-state index contributed by atoms with van der Waals surface area (Å²) in [6, 6.07) is 0. The third-order valence-electron chi connectivity index (χ3n) is 1.72. The molecule has 0 aliphatic carbocycles. The van der Waals surface area contributed by atoms with Crippen molar-refractivity contribution in [1.82, 2.24) is 4.90 Å². The van der Waals surface area contributed by atoms with Gasteiger partial charge in [0, 0.05) is 19.7 Å². The summed E-state index contributed by atoms with van der Waals surface area (Å²) in [7, 11) is 5.05. The number of rotatable bonds is 2. The molecule has 0 fully saturated rings. The number of carbonyl (C=O) groups excluding carboxylic acids is 1. The topological polar surface area (TPSA) is 29.5 Å². The van der Waals surface area contributed by atoms with Crippen LogP contribution in [0, 0.1) is 6.92 Å². The minimum absolute atomic E-state index is 0.00468. The molecule has 0 N–H and O–H groups in total. The number of hydrogen-bond acceptors (Lipinski definition) is 3. The molecule has 0 aliphatic heterocycles. The van der Waals surface area contributed by atoms with E-state index in [9.17, 15) is 4.79 Å². The first-order valence-corrected chi connectivity index (χ1v) is 4.79. The number of methoxy groups -OCH3 is 1. The number of hydrogen-bond donors (Lipinski definition) is 0. The molecular weight excluding hydrogens is 186 g/mol. The molecule has 0 aromatic carbocycles.